The zero-order valence-electron chi connectivity index (χ0n) is 12.6. The van der Waals surface area contributed by atoms with Crippen LogP contribution in [0.5, 0.6) is 5.75 Å². The van der Waals surface area contributed by atoms with Gasteiger partial charge in [-0.2, -0.15) is 0 Å². The molecular formula is C14H24N2O3S. The fraction of sp³-hybridized carbons (Fsp3) is 0.571. The molecule has 0 aliphatic carbocycles. The van der Waals surface area contributed by atoms with Gasteiger partial charge in [0.15, 0.2) is 0 Å². The van der Waals surface area contributed by atoms with Crippen LogP contribution in [0.1, 0.15) is 39.2 Å². The predicted molar refractivity (Wildman–Crippen MR) is 80.2 cm³/mol. The summed E-state index contributed by atoms with van der Waals surface area (Å²) in [4.78, 5) is 0.140. The normalized spacial score (nSPS) is 12.4. The van der Waals surface area contributed by atoms with E-state index in [4.69, 9.17) is 10.5 Å². The Morgan fingerprint density at radius 2 is 2.00 bits per heavy atom. The summed E-state index contributed by atoms with van der Waals surface area (Å²) in [7, 11) is -2.17. The number of hydrogen-bond acceptors (Lipinski definition) is 4. The third-order valence-corrected chi connectivity index (χ3v) is 4.78. The Kier molecular flexibility index (Phi) is 5.56. The predicted octanol–water partition coefficient (Wildman–Crippen LogP) is 2.01. The van der Waals surface area contributed by atoms with E-state index < -0.39 is 15.6 Å². The molecule has 3 N–H and O–H groups in total. The van der Waals surface area contributed by atoms with Crippen LogP contribution in [0.25, 0.3) is 0 Å². The summed E-state index contributed by atoms with van der Waals surface area (Å²) in [5.41, 5.74) is 5.89. The topological polar surface area (TPSA) is 81.4 Å². The van der Waals surface area contributed by atoms with E-state index >= 15 is 0 Å². The van der Waals surface area contributed by atoms with Gasteiger partial charge in [0.2, 0.25) is 10.0 Å². The molecule has 0 aliphatic heterocycles. The quantitative estimate of drug-likeness (QED) is 0.807. The van der Waals surface area contributed by atoms with E-state index in [0.717, 1.165) is 18.4 Å². The Hall–Kier alpha value is -1.11. The molecule has 0 bridgehead atoms. The van der Waals surface area contributed by atoms with Gasteiger partial charge in [-0.05, 0) is 38.0 Å². The van der Waals surface area contributed by atoms with Crippen LogP contribution in [-0.4, -0.2) is 21.1 Å². The van der Waals surface area contributed by atoms with E-state index in [9.17, 15) is 8.42 Å². The lowest BCUT2D eigenvalue weighted by Crippen LogP contribution is -2.43. The van der Waals surface area contributed by atoms with Crippen molar-refractivity contribution in [2.75, 3.05) is 7.11 Å². The Labute approximate surface area is 121 Å². The number of rotatable bonds is 7. The summed E-state index contributed by atoms with van der Waals surface area (Å²) >= 11 is 0. The summed E-state index contributed by atoms with van der Waals surface area (Å²) < 4.78 is 32.9. The van der Waals surface area contributed by atoms with E-state index in [1.54, 1.807) is 12.1 Å². The third kappa shape index (κ3) is 4.19. The SMILES string of the molecule is CCCC(C)(C)NS(=O)(=O)c1ccc(CN)cc1OC. The standard InChI is InChI=1S/C14H24N2O3S/c1-5-8-14(2,3)16-20(17,18)13-7-6-11(10-15)9-12(13)19-4/h6-7,9,16H,5,8,10,15H2,1-4H3. The number of ether oxygens (including phenoxy) is 1. The summed E-state index contributed by atoms with van der Waals surface area (Å²) in [6, 6.07) is 4.89. The molecule has 0 saturated heterocycles. The molecule has 0 radical (unpaired) electrons. The molecule has 1 aromatic carbocycles. The van der Waals surface area contributed by atoms with Crippen molar-refractivity contribution in [2.45, 2.75) is 50.6 Å². The molecule has 0 spiro atoms. The van der Waals surface area contributed by atoms with Crippen molar-refractivity contribution in [1.29, 1.82) is 0 Å². The third-order valence-electron chi connectivity index (χ3n) is 3.04. The second-order valence-electron chi connectivity index (χ2n) is 5.43. The molecule has 114 valence electrons. The minimum absolute atomic E-state index is 0.140. The highest BCUT2D eigenvalue weighted by Crippen LogP contribution is 2.26. The van der Waals surface area contributed by atoms with Gasteiger partial charge in [-0.15, -0.1) is 0 Å². The first-order valence-corrected chi connectivity index (χ1v) is 8.15. The number of hydrogen-bond donors (Lipinski definition) is 2. The number of benzene rings is 1. The fourth-order valence-electron chi connectivity index (χ4n) is 2.16. The summed E-state index contributed by atoms with van der Waals surface area (Å²) in [5.74, 6) is 0.313. The average Bonchev–Trinajstić information content (AvgIpc) is 2.36. The molecule has 0 aliphatic rings. The van der Waals surface area contributed by atoms with Crippen LogP contribution in [0.3, 0.4) is 0 Å². The van der Waals surface area contributed by atoms with Gasteiger partial charge in [-0.1, -0.05) is 19.4 Å². The zero-order valence-corrected chi connectivity index (χ0v) is 13.4. The highest BCUT2D eigenvalue weighted by Gasteiger charge is 2.27. The van der Waals surface area contributed by atoms with Gasteiger partial charge in [0.1, 0.15) is 10.6 Å². The maximum atomic E-state index is 12.5. The average molecular weight is 300 g/mol. The Balaban J connectivity index is 3.15. The molecule has 0 aromatic heterocycles. The van der Waals surface area contributed by atoms with Crippen LogP contribution >= 0.6 is 0 Å². The van der Waals surface area contributed by atoms with Crippen LogP contribution in [0.2, 0.25) is 0 Å². The number of methoxy groups -OCH3 is 1. The number of nitrogens with two attached hydrogens (primary N) is 1. The smallest absolute Gasteiger partial charge is 0.244 e. The van der Waals surface area contributed by atoms with Crippen LogP contribution in [-0.2, 0) is 16.6 Å². The summed E-state index contributed by atoms with van der Waals surface area (Å²) in [6.45, 7) is 6.10. The maximum Gasteiger partial charge on any atom is 0.244 e. The molecule has 0 heterocycles. The molecule has 5 nitrogen and oxygen atoms in total. The van der Waals surface area contributed by atoms with Crippen molar-refractivity contribution >= 4 is 10.0 Å². The van der Waals surface area contributed by atoms with E-state index in [1.165, 1.54) is 13.2 Å². The maximum absolute atomic E-state index is 12.5. The lowest BCUT2D eigenvalue weighted by molar-refractivity contribution is 0.395. The van der Waals surface area contributed by atoms with Crippen LogP contribution in [0.15, 0.2) is 23.1 Å². The van der Waals surface area contributed by atoms with Crippen LogP contribution in [0, 0.1) is 0 Å². The molecule has 0 atom stereocenters. The Bertz CT molecular complexity index is 554. The molecule has 6 heteroatoms. The van der Waals surface area contributed by atoms with Crippen molar-refractivity contribution in [3.63, 3.8) is 0 Å². The molecule has 0 fully saturated rings. The highest BCUT2D eigenvalue weighted by atomic mass is 32.2. The first-order chi connectivity index (χ1) is 9.25. The Morgan fingerprint density at radius 1 is 1.35 bits per heavy atom. The molecule has 1 rings (SSSR count). The zero-order chi connectivity index (χ0) is 15.4. The van der Waals surface area contributed by atoms with E-state index in [2.05, 4.69) is 4.72 Å². The van der Waals surface area contributed by atoms with E-state index in [1.807, 2.05) is 20.8 Å². The monoisotopic (exact) mass is 300 g/mol. The highest BCUT2D eigenvalue weighted by molar-refractivity contribution is 7.89. The lowest BCUT2D eigenvalue weighted by Gasteiger charge is -2.26. The Morgan fingerprint density at radius 3 is 2.50 bits per heavy atom. The van der Waals surface area contributed by atoms with Crippen molar-refractivity contribution in [3.8, 4) is 5.75 Å². The van der Waals surface area contributed by atoms with Gasteiger partial charge in [-0.25, -0.2) is 13.1 Å². The van der Waals surface area contributed by atoms with Crippen molar-refractivity contribution < 1.29 is 13.2 Å². The van der Waals surface area contributed by atoms with Gasteiger partial charge >= 0.3 is 0 Å². The second kappa shape index (κ2) is 6.56. The second-order valence-corrected chi connectivity index (χ2v) is 7.08. The summed E-state index contributed by atoms with van der Waals surface area (Å²) in [5, 5.41) is 0. The van der Waals surface area contributed by atoms with Crippen LogP contribution in [0.4, 0.5) is 0 Å². The van der Waals surface area contributed by atoms with Crippen molar-refractivity contribution in [2.24, 2.45) is 5.73 Å². The summed E-state index contributed by atoms with van der Waals surface area (Å²) in [6.07, 6.45) is 1.66. The fourth-order valence-corrected chi connectivity index (χ4v) is 3.75. The van der Waals surface area contributed by atoms with Gasteiger partial charge in [0.05, 0.1) is 7.11 Å². The van der Waals surface area contributed by atoms with Gasteiger partial charge in [0, 0.05) is 12.1 Å². The molecule has 0 amide bonds. The van der Waals surface area contributed by atoms with E-state index in [-0.39, 0.29) is 4.90 Å². The molecule has 0 unspecified atom stereocenters. The molecule has 1 aromatic rings. The van der Waals surface area contributed by atoms with Gasteiger partial charge < -0.3 is 10.5 Å². The minimum Gasteiger partial charge on any atom is -0.495 e. The van der Waals surface area contributed by atoms with Gasteiger partial charge in [0.25, 0.3) is 0 Å². The first kappa shape index (κ1) is 16.9. The van der Waals surface area contributed by atoms with E-state index in [0.29, 0.717) is 12.3 Å². The largest absolute Gasteiger partial charge is 0.495 e. The first-order valence-electron chi connectivity index (χ1n) is 6.66. The molecular weight excluding hydrogens is 276 g/mol. The minimum atomic E-state index is -3.62. The number of sulfonamides is 1. The molecule has 20 heavy (non-hydrogen) atoms. The van der Waals surface area contributed by atoms with Crippen molar-refractivity contribution in [3.05, 3.63) is 23.8 Å². The molecule has 0 saturated carbocycles. The van der Waals surface area contributed by atoms with Crippen LogP contribution < -0.4 is 15.2 Å². The van der Waals surface area contributed by atoms with Crippen molar-refractivity contribution in [1.82, 2.24) is 4.72 Å². The van der Waals surface area contributed by atoms with Gasteiger partial charge in [-0.3, -0.25) is 0 Å². The lowest BCUT2D eigenvalue weighted by atomic mass is 10.0. The number of nitrogens with one attached hydrogen (secondary N) is 1.